The highest BCUT2D eigenvalue weighted by Crippen LogP contribution is 2.23. The summed E-state index contributed by atoms with van der Waals surface area (Å²) >= 11 is 5.87. The molecule has 1 N–H and O–H groups in total. The number of Topliss-reactive ketones (excluding diaryl/α,β-unsaturated/α-hetero) is 1. The molecule has 1 aromatic heterocycles. The molecular formula is C17H20ClN3O3. The first-order valence-electron chi connectivity index (χ1n) is 7.46. The van der Waals surface area contributed by atoms with Crippen LogP contribution in [0.25, 0.3) is 0 Å². The SMILES string of the molecule is CC(=O)c1nn(C(C)(C)C)cc1OCC(=O)Nc1cccc(Cl)c1. The number of nitrogens with one attached hydrogen (secondary N) is 1. The molecule has 0 saturated heterocycles. The largest absolute Gasteiger partial charge is 0.480 e. The van der Waals surface area contributed by atoms with Crippen molar-refractivity contribution in [2.45, 2.75) is 33.2 Å². The molecule has 7 heteroatoms. The molecule has 0 saturated carbocycles. The Bertz CT molecular complexity index is 763. The number of amides is 1. The number of carbonyl (C=O) groups is 2. The first-order valence-corrected chi connectivity index (χ1v) is 7.84. The molecule has 0 unspecified atom stereocenters. The molecule has 128 valence electrons. The zero-order chi connectivity index (χ0) is 17.9. The summed E-state index contributed by atoms with van der Waals surface area (Å²) in [6.45, 7) is 7.05. The minimum Gasteiger partial charge on any atom is -0.480 e. The van der Waals surface area contributed by atoms with Crippen LogP contribution in [-0.2, 0) is 10.3 Å². The molecule has 0 fully saturated rings. The van der Waals surface area contributed by atoms with Gasteiger partial charge in [0.05, 0.1) is 11.7 Å². The normalized spacial score (nSPS) is 11.2. The molecule has 0 bridgehead atoms. The summed E-state index contributed by atoms with van der Waals surface area (Å²) in [6, 6.07) is 6.81. The number of ketones is 1. The highest BCUT2D eigenvalue weighted by Gasteiger charge is 2.21. The molecule has 1 amide bonds. The van der Waals surface area contributed by atoms with Crippen molar-refractivity contribution in [1.29, 1.82) is 0 Å². The van der Waals surface area contributed by atoms with Crippen molar-refractivity contribution in [3.63, 3.8) is 0 Å². The summed E-state index contributed by atoms with van der Waals surface area (Å²) in [6.07, 6.45) is 1.63. The molecule has 2 aromatic rings. The van der Waals surface area contributed by atoms with Crippen LogP contribution < -0.4 is 10.1 Å². The third-order valence-corrected chi connectivity index (χ3v) is 3.40. The standard InChI is InChI=1S/C17H20ClN3O3/c1-11(22)16-14(9-21(20-16)17(2,3)4)24-10-15(23)19-13-7-5-6-12(18)8-13/h5-9H,10H2,1-4H3,(H,19,23). The van der Waals surface area contributed by atoms with Gasteiger partial charge in [-0.1, -0.05) is 17.7 Å². The number of carbonyl (C=O) groups excluding carboxylic acids is 2. The average Bonchev–Trinajstić information content (AvgIpc) is 2.89. The van der Waals surface area contributed by atoms with E-state index in [9.17, 15) is 9.59 Å². The van der Waals surface area contributed by atoms with E-state index in [2.05, 4.69) is 10.4 Å². The Kier molecular flexibility index (Phi) is 5.29. The summed E-state index contributed by atoms with van der Waals surface area (Å²) in [7, 11) is 0. The highest BCUT2D eigenvalue weighted by atomic mass is 35.5. The van der Waals surface area contributed by atoms with Gasteiger partial charge in [-0.3, -0.25) is 14.3 Å². The summed E-state index contributed by atoms with van der Waals surface area (Å²) in [5.74, 6) is -0.280. The number of anilines is 1. The zero-order valence-corrected chi connectivity index (χ0v) is 14.8. The van der Waals surface area contributed by atoms with Gasteiger partial charge in [0.15, 0.2) is 23.8 Å². The van der Waals surface area contributed by atoms with E-state index in [0.29, 0.717) is 16.5 Å². The Hall–Kier alpha value is -2.34. The molecule has 0 radical (unpaired) electrons. The van der Waals surface area contributed by atoms with Crippen LogP contribution >= 0.6 is 11.6 Å². The number of nitrogens with zero attached hydrogens (tertiary/aromatic N) is 2. The Morgan fingerprint density at radius 2 is 2.04 bits per heavy atom. The Morgan fingerprint density at radius 3 is 2.62 bits per heavy atom. The predicted molar refractivity (Wildman–Crippen MR) is 92.8 cm³/mol. The Balaban J connectivity index is 2.07. The van der Waals surface area contributed by atoms with Crippen molar-refractivity contribution < 1.29 is 14.3 Å². The van der Waals surface area contributed by atoms with E-state index >= 15 is 0 Å². The van der Waals surface area contributed by atoms with Gasteiger partial charge in [-0.2, -0.15) is 5.10 Å². The first kappa shape index (κ1) is 18.0. The summed E-state index contributed by atoms with van der Waals surface area (Å²) in [5.41, 5.74) is 0.489. The second kappa shape index (κ2) is 7.05. The molecule has 6 nitrogen and oxygen atoms in total. The van der Waals surface area contributed by atoms with Gasteiger partial charge in [0.2, 0.25) is 0 Å². The maximum atomic E-state index is 12.0. The van der Waals surface area contributed by atoms with E-state index in [1.165, 1.54) is 6.92 Å². The van der Waals surface area contributed by atoms with Gasteiger partial charge in [-0.05, 0) is 39.0 Å². The monoisotopic (exact) mass is 349 g/mol. The van der Waals surface area contributed by atoms with Gasteiger partial charge < -0.3 is 10.1 Å². The number of aromatic nitrogens is 2. The minimum absolute atomic E-state index is 0.209. The number of hydrogen-bond acceptors (Lipinski definition) is 4. The van der Waals surface area contributed by atoms with Crippen LogP contribution in [-0.4, -0.2) is 28.1 Å². The van der Waals surface area contributed by atoms with Gasteiger partial charge in [-0.25, -0.2) is 0 Å². The van der Waals surface area contributed by atoms with Crippen LogP contribution in [0.5, 0.6) is 5.75 Å². The van der Waals surface area contributed by atoms with Gasteiger partial charge >= 0.3 is 0 Å². The van der Waals surface area contributed by atoms with Crippen LogP contribution in [0, 0.1) is 0 Å². The lowest BCUT2D eigenvalue weighted by atomic mass is 10.1. The van der Waals surface area contributed by atoms with Gasteiger partial charge in [0.25, 0.3) is 5.91 Å². The van der Waals surface area contributed by atoms with Crippen LogP contribution in [0.2, 0.25) is 5.02 Å². The third-order valence-electron chi connectivity index (χ3n) is 3.17. The van der Waals surface area contributed by atoms with E-state index < -0.39 is 0 Å². The maximum absolute atomic E-state index is 12.0. The second-order valence-corrected chi connectivity index (χ2v) is 6.80. The molecule has 0 aliphatic carbocycles. The summed E-state index contributed by atoms with van der Waals surface area (Å²) in [5, 5.41) is 7.45. The molecular weight excluding hydrogens is 330 g/mol. The number of hydrogen-bond donors (Lipinski definition) is 1. The van der Waals surface area contributed by atoms with Crippen molar-refractivity contribution in [3.05, 3.63) is 41.2 Å². The fourth-order valence-electron chi connectivity index (χ4n) is 1.96. The minimum atomic E-state index is -0.352. The van der Waals surface area contributed by atoms with Crippen molar-refractivity contribution >= 4 is 29.0 Å². The summed E-state index contributed by atoms with van der Waals surface area (Å²) < 4.78 is 7.14. The molecule has 0 spiro atoms. The molecule has 1 heterocycles. The predicted octanol–water partition coefficient (Wildman–Crippen LogP) is 3.51. The van der Waals surface area contributed by atoms with Crippen LogP contribution in [0.4, 0.5) is 5.69 Å². The number of benzene rings is 1. The molecule has 1 aromatic carbocycles. The zero-order valence-electron chi connectivity index (χ0n) is 14.1. The number of rotatable bonds is 5. The van der Waals surface area contributed by atoms with E-state index in [1.807, 2.05) is 20.8 Å². The smallest absolute Gasteiger partial charge is 0.262 e. The lowest BCUT2D eigenvalue weighted by Crippen LogP contribution is -2.22. The average molecular weight is 350 g/mol. The lowest BCUT2D eigenvalue weighted by molar-refractivity contribution is -0.118. The summed E-state index contributed by atoms with van der Waals surface area (Å²) in [4.78, 5) is 23.7. The van der Waals surface area contributed by atoms with Crippen molar-refractivity contribution in [1.82, 2.24) is 9.78 Å². The Labute approximate surface area is 145 Å². The van der Waals surface area contributed by atoms with E-state index in [4.69, 9.17) is 16.3 Å². The van der Waals surface area contributed by atoms with Gasteiger partial charge in [-0.15, -0.1) is 0 Å². The topological polar surface area (TPSA) is 73.2 Å². The van der Waals surface area contributed by atoms with Crippen molar-refractivity contribution in [2.24, 2.45) is 0 Å². The van der Waals surface area contributed by atoms with E-state index in [-0.39, 0.29) is 29.5 Å². The van der Waals surface area contributed by atoms with E-state index in [1.54, 1.807) is 35.1 Å². The quantitative estimate of drug-likeness (QED) is 0.838. The molecule has 0 atom stereocenters. The number of halogens is 1. The number of ether oxygens (including phenoxy) is 1. The van der Waals surface area contributed by atoms with Crippen LogP contribution in [0.15, 0.2) is 30.5 Å². The van der Waals surface area contributed by atoms with Crippen molar-refractivity contribution in [3.8, 4) is 5.75 Å². The maximum Gasteiger partial charge on any atom is 0.262 e. The van der Waals surface area contributed by atoms with Crippen LogP contribution in [0.3, 0.4) is 0 Å². The first-order chi connectivity index (χ1) is 11.2. The Morgan fingerprint density at radius 1 is 1.33 bits per heavy atom. The molecule has 0 aliphatic heterocycles. The van der Waals surface area contributed by atoms with Crippen molar-refractivity contribution in [2.75, 3.05) is 11.9 Å². The molecule has 0 aliphatic rings. The fraction of sp³-hybridized carbons (Fsp3) is 0.353. The van der Waals surface area contributed by atoms with Gasteiger partial charge in [0.1, 0.15) is 0 Å². The van der Waals surface area contributed by atoms with E-state index in [0.717, 1.165) is 0 Å². The highest BCUT2D eigenvalue weighted by molar-refractivity contribution is 6.30. The van der Waals surface area contributed by atoms with Crippen LogP contribution in [0.1, 0.15) is 38.2 Å². The second-order valence-electron chi connectivity index (χ2n) is 6.36. The molecule has 2 rings (SSSR count). The molecule has 24 heavy (non-hydrogen) atoms. The van der Waals surface area contributed by atoms with Gasteiger partial charge in [0, 0.05) is 17.6 Å². The third kappa shape index (κ3) is 4.58. The fourth-order valence-corrected chi connectivity index (χ4v) is 2.15. The lowest BCUT2D eigenvalue weighted by Gasteiger charge is -2.18.